The summed E-state index contributed by atoms with van der Waals surface area (Å²) in [5.74, 6) is 0.590. The van der Waals surface area contributed by atoms with Gasteiger partial charge in [0.1, 0.15) is 0 Å². The summed E-state index contributed by atoms with van der Waals surface area (Å²) >= 11 is 1.72. The van der Waals surface area contributed by atoms with Crippen LogP contribution < -0.4 is 0 Å². The van der Waals surface area contributed by atoms with Crippen LogP contribution in [-0.2, 0) is 16.1 Å². The number of carbonyl (C=O) groups is 1. The minimum absolute atomic E-state index is 0.198. The maximum atomic E-state index is 13.2. The molecule has 0 saturated carbocycles. The number of thiazole rings is 1. The van der Waals surface area contributed by atoms with Crippen LogP contribution in [0.2, 0.25) is 0 Å². The summed E-state index contributed by atoms with van der Waals surface area (Å²) in [5, 5.41) is 3.29. The van der Waals surface area contributed by atoms with Crippen molar-refractivity contribution in [3.8, 4) is 0 Å². The molecule has 7 heteroatoms. The summed E-state index contributed by atoms with van der Waals surface area (Å²) in [6, 6.07) is 0.831. The summed E-state index contributed by atoms with van der Waals surface area (Å²) < 4.78 is 5.49. The SMILES string of the molecule is Cc1nc(CN2CCC(C(=O)N3CC[C@@H](N4CCOCC4)[C@H]3C)CC2)cs1. The molecule has 2 atom stereocenters. The second-order valence-corrected chi connectivity index (χ2v) is 9.25. The number of aromatic nitrogens is 1. The molecule has 4 rings (SSSR count). The van der Waals surface area contributed by atoms with Crippen molar-refractivity contribution in [2.24, 2.45) is 5.92 Å². The maximum Gasteiger partial charge on any atom is 0.226 e. The van der Waals surface area contributed by atoms with Gasteiger partial charge in [0.05, 0.1) is 23.9 Å². The molecule has 0 aliphatic carbocycles. The van der Waals surface area contributed by atoms with E-state index < -0.39 is 0 Å². The summed E-state index contributed by atoms with van der Waals surface area (Å²) in [6.45, 7) is 11.8. The van der Waals surface area contributed by atoms with Crippen LogP contribution in [0.15, 0.2) is 5.38 Å². The molecule has 27 heavy (non-hydrogen) atoms. The van der Waals surface area contributed by atoms with Crippen LogP contribution >= 0.6 is 11.3 Å². The lowest BCUT2D eigenvalue weighted by molar-refractivity contribution is -0.138. The number of rotatable bonds is 4. The Kier molecular flexibility index (Phi) is 6.12. The number of amides is 1. The monoisotopic (exact) mass is 392 g/mol. The van der Waals surface area contributed by atoms with Crippen molar-refractivity contribution < 1.29 is 9.53 Å². The quantitative estimate of drug-likeness (QED) is 0.784. The Bertz CT molecular complexity index is 638. The van der Waals surface area contributed by atoms with Gasteiger partial charge < -0.3 is 9.64 Å². The van der Waals surface area contributed by atoms with Crippen molar-refractivity contribution in [2.45, 2.75) is 51.7 Å². The van der Waals surface area contributed by atoms with Crippen molar-refractivity contribution in [2.75, 3.05) is 45.9 Å². The lowest BCUT2D eigenvalue weighted by atomic mass is 9.94. The first kappa shape index (κ1) is 19.3. The predicted octanol–water partition coefficient (Wildman–Crippen LogP) is 1.99. The Hall–Kier alpha value is -1.02. The topological polar surface area (TPSA) is 48.9 Å². The highest BCUT2D eigenvalue weighted by molar-refractivity contribution is 7.09. The molecule has 0 radical (unpaired) electrons. The fourth-order valence-electron chi connectivity index (χ4n) is 4.91. The van der Waals surface area contributed by atoms with Crippen molar-refractivity contribution in [1.29, 1.82) is 0 Å². The number of hydrogen-bond acceptors (Lipinski definition) is 6. The zero-order chi connectivity index (χ0) is 18.8. The standard InChI is InChI=1S/C20H32N4O2S/c1-15-19(23-9-11-26-12-10-23)5-8-24(15)20(25)17-3-6-22(7-4-17)13-18-14-27-16(2)21-18/h14-15,17,19H,3-13H2,1-2H3/t15-,19-/m1/s1. The second-order valence-electron chi connectivity index (χ2n) is 8.18. The van der Waals surface area contributed by atoms with Gasteiger partial charge in [0.25, 0.3) is 0 Å². The molecular weight excluding hydrogens is 360 g/mol. The normalized spacial score (nSPS) is 28.7. The van der Waals surface area contributed by atoms with E-state index in [1.807, 2.05) is 0 Å². The number of ether oxygens (including phenoxy) is 1. The molecule has 0 bridgehead atoms. The van der Waals surface area contributed by atoms with Gasteiger partial charge in [-0.15, -0.1) is 11.3 Å². The molecule has 1 aromatic rings. The molecule has 3 aliphatic rings. The van der Waals surface area contributed by atoms with Gasteiger partial charge in [0, 0.05) is 49.6 Å². The first-order valence-corrected chi connectivity index (χ1v) is 11.3. The Morgan fingerprint density at radius 1 is 1.19 bits per heavy atom. The van der Waals surface area contributed by atoms with Crippen LogP contribution in [0.4, 0.5) is 0 Å². The number of hydrogen-bond donors (Lipinski definition) is 0. The molecule has 1 aromatic heterocycles. The van der Waals surface area contributed by atoms with E-state index in [9.17, 15) is 4.79 Å². The van der Waals surface area contributed by atoms with Gasteiger partial charge in [-0.1, -0.05) is 0 Å². The Morgan fingerprint density at radius 2 is 1.93 bits per heavy atom. The first-order chi connectivity index (χ1) is 13.1. The van der Waals surface area contributed by atoms with Gasteiger partial charge in [0.2, 0.25) is 5.91 Å². The predicted molar refractivity (Wildman–Crippen MR) is 107 cm³/mol. The van der Waals surface area contributed by atoms with Gasteiger partial charge >= 0.3 is 0 Å². The number of aryl methyl sites for hydroxylation is 1. The molecule has 3 fully saturated rings. The zero-order valence-corrected chi connectivity index (χ0v) is 17.4. The fraction of sp³-hybridized carbons (Fsp3) is 0.800. The molecule has 150 valence electrons. The number of nitrogens with zero attached hydrogens (tertiary/aromatic N) is 4. The molecule has 3 aliphatic heterocycles. The largest absolute Gasteiger partial charge is 0.379 e. The smallest absolute Gasteiger partial charge is 0.226 e. The molecule has 3 saturated heterocycles. The third-order valence-corrected chi connectivity index (χ3v) is 7.32. The van der Waals surface area contributed by atoms with Gasteiger partial charge in [-0.3, -0.25) is 14.6 Å². The fourth-order valence-corrected chi connectivity index (χ4v) is 5.52. The lowest BCUT2D eigenvalue weighted by Gasteiger charge is -2.37. The Labute approximate surface area is 166 Å². The number of piperidine rings is 1. The Balaban J connectivity index is 1.27. The molecule has 0 unspecified atom stereocenters. The second kappa shape index (κ2) is 8.55. The minimum atomic E-state index is 0.198. The van der Waals surface area contributed by atoms with Gasteiger partial charge in [0.15, 0.2) is 0 Å². The van der Waals surface area contributed by atoms with Crippen molar-refractivity contribution in [3.05, 3.63) is 16.1 Å². The molecule has 4 heterocycles. The summed E-state index contributed by atoms with van der Waals surface area (Å²) in [7, 11) is 0. The van der Waals surface area contributed by atoms with Crippen LogP contribution in [0.3, 0.4) is 0 Å². The summed E-state index contributed by atoms with van der Waals surface area (Å²) in [4.78, 5) is 24.9. The molecule has 6 nitrogen and oxygen atoms in total. The average Bonchev–Trinajstić information content (AvgIpc) is 3.28. The number of morpholine rings is 1. The third-order valence-electron chi connectivity index (χ3n) is 6.50. The van der Waals surface area contributed by atoms with E-state index in [1.165, 1.54) is 5.69 Å². The molecular formula is C20H32N4O2S. The summed E-state index contributed by atoms with van der Waals surface area (Å²) in [6.07, 6.45) is 3.07. The lowest BCUT2D eigenvalue weighted by Crippen LogP contribution is -2.50. The minimum Gasteiger partial charge on any atom is -0.379 e. The van der Waals surface area contributed by atoms with Crippen LogP contribution in [0.5, 0.6) is 0 Å². The maximum absolute atomic E-state index is 13.2. The molecule has 0 spiro atoms. The highest BCUT2D eigenvalue weighted by Gasteiger charge is 2.40. The van der Waals surface area contributed by atoms with Crippen molar-refractivity contribution in [1.82, 2.24) is 19.7 Å². The van der Waals surface area contributed by atoms with E-state index in [-0.39, 0.29) is 5.92 Å². The zero-order valence-electron chi connectivity index (χ0n) is 16.6. The van der Waals surface area contributed by atoms with Crippen LogP contribution in [0.25, 0.3) is 0 Å². The van der Waals surface area contributed by atoms with E-state index in [0.29, 0.717) is 18.0 Å². The number of carbonyl (C=O) groups excluding carboxylic acids is 1. The van der Waals surface area contributed by atoms with E-state index in [2.05, 4.69) is 38.9 Å². The van der Waals surface area contributed by atoms with E-state index >= 15 is 0 Å². The highest BCUT2D eigenvalue weighted by atomic mass is 32.1. The van der Waals surface area contributed by atoms with Gasteiger partial charge in [-0.2, -0.15) is 0 Å². The van der Waals surface area contributed by atoms with Gasteiger partial charge in [-0.25, -0.2) is 4.98 Å². The molecule has 0 aromatic carbocycles. The highest BCUT2D eigenvalue weighted by Crippen LogP contribution is 2.28. The number of likely N-dealkylation sites (tertiary alicyclic amines) is 2. The molecule has 0 N–H and O–H groups in total. The van der Waals surface area contributed by atoms with E-state index in [0.717, 1.165) is 76.8 Å². The van der Waals surface area contributed by atoms with Crippen LogP contribution in [0.1, 0.15) is 36.9 Å². The molecule has 1 amide bonds. The third kappa shape index (κ3) is 4.36. The van der Waals surface area contributed by atoms with Crippen LogP contribution in [0, 0.1) is 12.8 Å². The first-order valence-electron chi connectivity index (χ1n) is 10.4. The van der Waals surface area contributed by atoms with E-state index in [4.69, 9.17) is 4.74 Å². The Morgan fingerprint density at radius 3 is 2.59 bits per heavy atom. The van der Waals surface area contributed by atoms with Crippen LogP contribution in [-0.4, -0.2) is 83.6 Å². The van der Waals surface area contributed by atoms with Crippen molar-refractivity contribution in [3.63, 3.8) is 0 Å². The van der Waals surface area contributed by atoms with Gasteiger partial charge in [-0.05, 0) is 46.2 Å². The van der Waals surface area contributed by atoms with E-state index in [1.54, 1.807) is 11.3 Å². The average molecular weight is 393 g/mol. The summed E-state index contributed by atoms with van der Waals surface area (Å²) in [5.41, 5.74) is 1.17. The van der Waals surface area contributed by atoms with Crippen molar-refractivity contribution >= 4 is 17.2 Å².